The maximum Gasteiger partial charge on any atom is 0.318 e. The van der Waals surface area contributed by atoms with Crippen LogP contribution in [0.5, 0.6) is 0 Å². The van der Waals surface area contributed by atoms with Gasteiger partial charge in [-0.3, -0.25) is 19.7 Å². The Morgan fingerprint density at radius 3 is 2.30 bits per heavy atom. The van der Waals surface area contributed by atoms with Crippen molar-refractivity contribution in [3.8, 4) is 0 Å². The van der Waals surface area contributed by atoms with Gasteiger partial charge in [0.25, 0.3) is 0 Å². The normalized spacial score (nSPS) is 11.0. The maximum absolute atomic E-state index is 13.4. The average molecular weight is 288 g/mol. The number of rotatable bonds is 4. The lowest BCUT2D eigenvalue weighted by molar-refractivity contribution is -0.387. The topological polar surface area (TPSA) is 110 Å². The molecule has 0 saturated carbocycles. The zero-order chi connectivity index (χ0) is 15.7. The molecule has 0 fully saturated rings. The minimum absolute atomic E-state index is 0.238. The number of nitro benzene ring substituents is 1. The highest BCUT2D eigenvalue weighted by Gasteiger charge is 2.36. The van der Waals surface area contributed by atoms with E-state index in [4.69, 9.17) is 5.11 Å². The molecule has 1 rings (SSSR count). The van der Waals surface area contributed by atoms with Gasteiger partial charge in [0, 0.05) is 12.1 Å². The molecular formula is C11H10F2N2O5. The van der Waals surface area contributed by atoms with E-state index in [1.807, 2.05) is 5.32 Å². The number of carboxylic acids is 1. The number of nitro groups is 1. The average Bonchev–Trinajstić information content (AvgIpc) is 2.31. The van der Waals surface area contributed by atoms with Crippen LogP contribution in [0.1, 0.15) is 13.8 Å². The number of benzene rings is 1. The second-order valence-corrected chi connectivity index (χ2v) is 4.42. The molecule has 9 heteroatoms. The van der Waals surface area contributed by atoms with Gasteiger partial charge in [0.15, 0.2) is 0 Å². The Kier molecular flexibility index (Phi) is 4.02. The Labute approximate surface area is 111 Å². The zero-order valence-corrected chi connectivity index (χ0v) is 10.4. The summed E-state index contributed by atoms with van der Waals surface area (Å²) in [6, 6.07) is 0.724. The van der Waals surface area contributed by atoms with Crippen LogP contribution in [0.2, 0.25) is 0 Å². The van der Waals surface area contributed by atoms with Gasteiger partial charge in [0.2, 0.25) is 11.7 Å². The summed E-state index contributed by atoms with van der Waals surface area (Å²) in [5.74, 6) is -5.21. The molecule has 2 N–H and O–H groups in total. The van der Waals surface area contributed by atoms with Gasteiger partial charge in [-0.1, -0.05) is 0 Å². The number of aliphatic carboxylic acids is 1. The molecule has 7 nitrogen and oxygen atoms in total. The van der Waals surface area contributed by atoms with Crippen LogP contribution in [0.15, 0.2) is 12.1 Å². The summed E-state index contributed by atoms with van der Waals surface area (Å²) in [4.78, 5) is 31.9. The van der Waals surface area contributed by atoms with E-state index in [-0.39, 0.29) is 6.07 Å². The number of nitrogens with zero attached hydrogens (tertiary/aromatic N) is 1. The van der Waals surface area contributed by atoms with Crippen LogP contribution in [0.3, 0.4) is 0 Å². The fraction of sp³-hybridized carbons (Fsp3) is 0.273. The van der Waals surface area contributed by atoms with E-state index in [9.17, 15) is 28.5 Å². The van der Waals surface area contributed by atoms with Crippen LogP contribution < -0.4 is 5.32 Å². The van der Waals surface area contributed by atoms with Crippen LogP contribution in [0, 0.1) is 27.2 Å². The molecule has 0 aliphatic rings. The van der Waals surface area contributed by atoms with Crippen molar-refractivity contribution in [3.63, 3.8) is 0 Å². The van der Waals surface area contributed by atoms with Crippen molar-refractivity contribution in [1.29, 1.82) is 0 Å². The summed E-state index contributed by atoms with van der Waals surface area (Å²) in [5, 5.41) is 21.2. The van der Waals surface area contributed by atoms with E-state index in [0.29, 0.717) is 6.07 Å². The number of hydrogen-bond donors (Lipinski definition) is 2. The van der Waals surface area contributed by atoms with Gasteiger partial charge >= 0.3 is 11.7 Å². The number of carbonyl (C=O) groups is 2. The molecule has 0 aliphatic carbocycles. The van der Waals surface area contributed by atoms with E-state index in [1.54, 1.807) is 0 Å². The van der Waals surface area contributed by atoms with Crippen molar-refractivity contribution in [2.75, 3.05) is 5.32 Å². The number of amides is 1. The van der Waals surface area contributed by atoms with E-state index in [0.717, 1.165) is 13.8 Å². The number of hydrogen-bond acceptors (Lipinski definition) is 4. The van der Waals surface area contributed by atoms with Gasteiger partial charge in [-0.15, -0.1) is 0 Å². The van der Waals surface area contributed by atoms with Crippen molar-refractivity contribution in [3.05, 3.63) is 33.9 Å². The van der Waals surface area contributed by atoms with Crippen molar-refractivity contribution in [1.82, 2.24) is 0 Å². The summed E-state index contributed by atoms with van der Waals surface area (Å²) in [5.41, 5.74) is -3.58. The third-order valence-electron chi connectivity index (χ3n) is 2.58. The summed E-state index contributed by atoms with van der Waals surface area (Å²) < 4.78 is 26.5. The van der Waals surface area contributed by atoms with Crippen LogP contribution in [-0.4, -0.2) is 21.9 Å². The summed E-state index contributed by atoms with van der Waals surface area (Å²) >= 11 is 0. The predicted octanol–water partition coefficient (Wildman–Crippen LogP) is 1.92. The number of nitrogens with one attached hydrogen (secondary N) is 1. The molecule has 0 unspecified atom stereocenters. The Morgan fingerprint density at radius 2 is 1.85 bits per heavy atom. The molecule has 0 bridgehead atoms. The molecule has 0 radical (unpaired) electrons. The fourth-order valence-corrected chi connectivity index (χ4v) is 1.15. The molecule has 0 spiro atoms. The van der Waals surface area contributed by atoms with E-state index in [1.165, 1.54) is 0 Å². The van der Waals surface area contributed by atoms with Crippen molar-refractivity contribution in [2.45, 2.75) is 13.8 Å². The first kappa shape index (κ1) is 15.5. The third-order valence-corrected chi connectivity index (χ3v) is 2.58. The number of halogens is 2. The van der Waals surface area contributed by atoms with Crippen LogP contribution in [0.25, 0.3) is 0 Å². The quantitative estimate of drug-likeness (QED) is 0.499. The largest absolute Gasteiger partial charge is 0.480 e. The smallest absolute Gasteiger partial charge is 0.318 e. The molecule has 0 aromatic heterocycles. The Bertz CT molecular complexity index is 601. The first-order valence-electron chi connectivity index (χ1n) is 5.25. The highest BCUT2D eigenvalue weighted by molar-refractivity contribution is 6.07. The van der Waals surface area contributed by atoms with Crippen LogP contribution in [-0.2, 0) is 9.59 Å². The lowest BCUT2D eigenvalue weighted by Crippen LogP contribution is -2.38. The first-order chi connectivity index (χ1) is 9.07. The predicted molar refractivity (Wildman–Crippen MR) is 63.1 cm³/mol. The molecule has 1 aromatic rings. The minimum atomic E-state index is -1.88. The molecule has 0 atom stereocenters. The second-order valence-electron chi connectivity index (χ2n) is 4.42. The van der Waals surface area contributed by atoms with Crippen molar-refractivity contribution in [2.24, 2.45) is 5.41 Å². The molecule has 20 heavy (non-hydrogen) atoms. The SMILES string of the molecule is CC(C)(C(=O)O)C(=O)Nc1cc([N+](=O)[O-])c(F)cc1F. The Hall–Kier alpha value is -2.58. The number of anilines is 1. The van der Waals surface area contributed by atoms with Crippen LogP contribution in [0.4, 0.5) is 20.2 Å². The minimum Gasteiger partial charge on any atom is -0.480 e. The lowest BCUT2D eigenvalue weighted by atomic mass is 9.92. The molecule has 1 amide bonds. The van der Waals surface area contributed by atoms with Gasteiger partial charge < -0.3 is 10.4 Å². The molecular weight excluding hydrogens is 278 g/mol. The van der Waals surface area contributed by atoms with Crippen molar-refractivity contribution < 1.29 is 28.4 Å². The summed E-state index contributed by atoms with van der Waals surface area (Å²) in [6.07, 6.45) is 0. The number of carboxylic acid groups (broad SMARTS) is 1. The first-order valence-corrected chi connectivity index (χ1v) is 5.25. The van der Waals surface area contributed by atoms with Gasteiger partial charge in [0.1, 0.15) is 11.2 Å². The van der Waals surface area contributed by atoms with Gasteiger partial charge in [-0.25, -0.2) is 4.39 Å². The summed E-state index contributed by atoms with van der Waals surface area (Å²) in [6.45, 7) is 2.14. The Balaban J connectivity index is 3.16. The van der Waals surface area contributed by atoms with Gasteiger partial charge in [-0.05, 0) is 13.8 Å². The fourth-order valence-electron chi connectivity index (χ4n) is 1.15. The van der Waals surface area contributed by atoms with Gasteiger partial charge in [0.05, 0.1) is 10.6 Å². The lowest BCUT2D eigenvalue weighted by Gasteiger charge is -2.18. The highest BCUT2D eigenvalue weighted by Crippen LogP contribution is 2.27. The van der Waals surface area contributed by atoms with Gasteiger partial charge in [-0.2, -0.15) is 4.39 Å². The third kappa shape index (κ3) is 2.87. The molecule has 0 saturated heterocycles. The van der Waals surface area contributed by atoms with Crippen molar-refractivity contribution >= 4 is 23.3 Å². The van der Waals surface area contributed by atoms with E-state index < -0.39 is 45.2 Å². The van der Waals surface area contributed by atoms with E-state index in [2.05, 4.69) is 0 Å². The molecule has 0 heterocycles. The monoisotopic (exact) mass is 288 g/mol. The number of carbonyl (C=O) groups excluding carboxylic acids is 1. The Morgan fingerprint density at radius 1 is 1.30 bits per heavy atom. The second kappa shape index (κ2) is 5.19. The van der Waals surface area contributed by atoms with E-state index >= 15 is 0 Å². The maximum atomic E-state index is 13.4. The zero-order valence-electron chi connectivity index (χ0n) is 10.4. The molecule has 1 aromatic carbocycles. The highest BCUT2D eigenvalue weighted by atomic mass is 19.1. The standard InChI is InChI=1S/C11H10F2N2O5/c1-11(2,10(17)18)9(16)14-7-4-8(15(19)20)6(13)3-5(7)12/h3-4H,1-2H3,(H,14,16)(H,17,18). The van der Waals surface area contributed by atoms with Crippen LogP contribution >= 0.6 is 0 Å². The molecule has 0 aliphatic heterocycles. The molecule has 108 valence electrons. The summed E-state index contributed by atoms with van der Waals surface area (Å²) in [7, 11) is 0.